The SMILES string of the molecule is Cc1c(C(=O)O)c(=O)n([C@@H](C)c2ccc(F)c(F)c2)n1C. The van der Waals surface area contributed by atoms with Crippen molar-refractivity contribution in [2.75, 3.05) is 0 Å². The summed E-state index contributed by atoms with van der Waals surface area (Å²) in [5, 5.41) is 9.08. The molecular weight excluding hydrogens is 282 g/mol. The molecule has 5 nitrogen and oxygen atoms in total. The molecule has 0 aliphatic rings. The van der Waals surface area contributed by atoms with Crippen molar-refractivity contribution < 1.29 is 18.7 Å². The van der Waals surface area contributed by atoms with Gasteiger partial charge >= 0.3 is 5.97 Å². The number of nitrogens with zero attached hydrogens (tertiary/aromatic N) is 2. The first-order chi connectivity index (χ1) is 9.75. The van der Waals surface area contributed by atoms with Gasteiger partial charge in [0.15, 0.2) is 11.6 Å². The summed E-state index contributed by atoms with van der Waals surface area (Å²) >= 11 is 0. The molecule has 2 rings (SSSR count). The molecule has 0 unspecified atom stereocenters. The molecule has 7 heteroatoms. The Kier molecular flexibility index (Phi) is 3.67. The van der Waals surface area contributed by atoms with Crippen LogP contribution in [0.5, 0.6) is 0 Å². The van der Waals surface area contributed by atoms with Gasteiger partial charge in [0.25, 0.3) is 5.56 Å². The average molecular weight is 296 g/mol. The summed E-state index contributed by atoms with van der Waals surface area (Å²) in [4.78, 5) is 23.3. The lowest BCUT2D eigenvalue weighted by Crippen LogP contribution is -2.27. The van der Waals surface area contributed by atoms with E-state index in [1.54, 1.807) is 14.0 Å². The zero-order valence-electron chi connectivity index (χ0n) is 11.7. The molecule has 0 aliphatic carbocycles. The quantitative estimate of drug-likeness (QED) is 0.943. The summed E-state index contributed by atoms with van der Waals surface area (Å²) < 4.78 is 28.9. The maximum Gasteiger partial charge on any atom is 0.343 e. The number of halogens is 2. The first kappa shape index (κ1) is 15.0. The van der Waals surface area contributed by atoms with Crippen LogP contribution in [0.4, 0.5) is 8.78 Å². The summed E-state index contributed by atoms with van der Waals surface area (Å²) in [7, 11) is 1.54. The molecule has 0 radical (unpaired) electrons. The predicted molar refractivity (Wildman–Crippen MR) is 71.5 cm³/mol. The molecule has 112 valence electrons. The van der Waals surface area contributed by atoms with E-state index in [4.69, 9.17) is 5.11 Å². The van der Waals surface area contributed by atoms with Crippen LogP contribution in [0.15, 0.2) is 23.0 Å². The van der Waals surface area contributed by atoms with Gasteiger partial charge in [-0.15, -0.1) is 0 Å². The van der Waals surface area contributed by atoms with E-state index in [2.05, 4.69) is 0 Å². The molecule has 0 saturated heterocycles. The number of aromatic carboxylic acids is 1. The Labute approximate surface area is 119 Å². The van der Waals surface area contributed by atoms with E-state index in [1.807, 2.05) is 0 Å². The topological polar surface area (TPSA) is 64.2 Å². The van der Waals surface area contributed by atoms with Gasteiger partial charge in [-0.3, -0.25) is 9.48 Å². The molecule has 0 aliphatic heterocycles. The second-order valence-electron chi connectivity index (χ2n) is 4.79. The number of rotatable bonds is 3. The number of hydrogen-bond donors (Lipinski definition) is 1. The normalized spacial score (nSPS) is 12.4. The summed E-state index contributed by atoms with van der Waals surface area (Å²) in [5.41, 5.74) is -0.345. The van der Waals surface area contributed by atoms with Crippen molar-refractivity contribution >= 4 is 5.97 Å². The maximum absolute atomic E-state index is 13.3. The van der Waals surface area contributed by atoms with Gasteiger partial charge in [0.2, 0.25) is 0 Å². The molecule has 1 aromatic heterocycles. The largest absolute Gasteiger partial charge is 0.477 e. The highest BCUT2D eigenvalue weighted by atomic mass is 19.2. The Hall–Kier alpha value is -2.44. The monoisotopic (exact) mass is 296 g/mol. The second-order valence-corrected chi connectivity index (χ2v) is 4.79. The third-order valence-corrected chi connectivity index (χ3v) is 3.60. The van der Waals surface area contributed by atoms with Crippen LogP contribution >= 0.6 is 0 Å². The van der Waals surface area contributed by atoms with Crippen molar-refractivity contribution in [2.24, 2.45) is 7.05 Å². The first-order valence-corrected chi connectivity index (χ1v) is 6.22. The molecule has 0 spiro atoms. The van der Waals surface area contributed by atoms with Crippen LogP contribution in [-0.4, -0.2) is 20.4 Å². The van der Waals surface area contributed by atoms with Crippen LogP contribution in [-0.2, 0) is 7.05 Å². The van der Waals surface area contributed by atoms with Crippen molar-refractivity contribution in [1.29, 1.82) is 0 Å². The van der Waals surface area contributed by atoms with Crippen LogP contribution in [0.1, 0.15) is 34.6 Å². The van der Waals surface area contributed by atoms with Gasteiger partial charge in [0, 0.05) is 7.05 Å². The zero-order chi connectivity index (χ0) is 15.9. The van der Waals surface area contributed by atoms with Gasteiger partial charge in [-0.1, -0.05) is 6.07 Å². The lowest BCUT2D eigenvalue weighted by molar-refractivity contribution is 0.0694. The van der Waals surface area contributed by atoms with Crippen molar-refractivity contribution in [3.63, 3.8) is 0 Å². The molecule has 2 aromatic rings. The number of hydrogen-bond acceptors (Lipinski definition) is 2. The van der Waals surface area contributed by atoms with Crippen LogP contribution < -0.4 is 5.56 Å². The maximum atomic E-state index is 13.3. The van der Waals surface area contributed by atoms with E-state index < -0.39 is 29.2 Å². The van der Waals surface area contributed by atoms with Crippen molar-refractivity contribution in [3.05, 3.63) is 57.0 Å². The Bertz CT molecular complexity index is 777. The summed E-state index contributed by atoms with van der Waals surface area (Å²) in [5.74, 6) is -3.31. The molecule has 1 N–H and O–H groups in total. The average Bonchev–Trinajstić information content (AvgIpc) is 2.63. The number of carboxylic acid groups (broad SMARTS) is 1. The van der Waals surface area contributed by atoms with Crippen LogP contribution in [0.2, 0.25) is 0 Å². The fraction of sp³-hybridized carbons (Fsp3) is 0.286. The standard InChI is InChI=1S/C14H14F2N2O3/c1-7(9-4-5-10(15)11(16)6-9)18-13(19)12(14(20)21)8(2)17(18)3/h4-7H,1-3H3,(H,20,21)/t7-/m0/s1. The molecule has 0 amide bonds. The highest BCUT2D eigenvalue weighted by molar-refractivity contribution is 5.88. The third kappa shape index (κ3) is 2.35. The molecule has 0 fully saturated rings. The highest BCUT2D eigenvalue weighted by Crippen LogP contribution is 2.20. The van der Waals surface area contributed by atoms with Crippen LogP contribution in [0, 0.1) is 18.6 Å². The minimum Gasteiger partial charge on any atom is -0.477 e. The number of aromatic nitrogens is 2. The van der Waals surface area contributed by atoms with Crippen molar-refractivity contribution in [3.8, 4) is 0 Å². The molecule has 0 bridgehead atoms. The van der Waals surface area contributed by atoms with Crippen molar-refractivity contribution in [2.45, 2.75) is 19.9 Å². The number of carbonyl (C=O) groups is 1. The molecule has 1 heterocycles. The van der Waals surface area contributed by atoms with Gasteiger partial charge in [0.1, 0.15) is 5.56 Å². The zero-order valence-corrected chi connectivity index (χ0v) is 11.7. The Morgan fingerprint density at radius 2 is 1.90 bits per heavy atom. The minimum absolute atomic E-state index is 0.293. The van der Waals surface area contributed by atoms with Gasteiger partial charge in [-0.05, 0) is 31.5 Å². The Morgan fingerprint density at radius 3 is 2.38 bits per heavy atom. The molecule has 1 atom stereocenters. The van der Waals surface area contributed by atoms with Gasteiger partial charge in [-0.25, -0.2) is 18.3 Å². The molecule has 0 saturated carbocycles. The predicted octanol–water partition coefficient (Wildman–Crippen LogP) is 2.08. The van der Waals surface area contributed by atoms with Crippen molar-refractivity contribution in [1.82, 2.24) is 9.36 Å². The molecule has 1 aromatic carbocycles. The summed E-state index contributed by atoms with van der Waals surface area (Å²) in [6.07, 6.45) is 0. The Balaban J connectivity index is 2.61. The number of benzene rings is 1. The van der Waals surface area contributed by atoms with Gasteiger partial charge < -0.3 is 5.11 Å². The van der Waals surface area contributed by atoms with Crippen LogP contribution in [0.3, 0.4) is 0 Å². The second kappa shape index (κ2) is 5.16. The lowest BCUT2D eigenvalue weighted by Gasteiger charge is -2.17. The molecular formula is C14H14F2N2O3. The highest BCUT2D eigenvalue weighted by Gasteiger charge is 2.24. The Morgan fingerprint density at radius 1 is 1.29 bits per heavy atom. The summed E-state index contributed by atoms with van der Waals surface area (Å²) in [6, 6.07) is 2.69. The van der Waals surface area contributed by atoms with Gasteiger partial charge in [0.05, 0.1) is 11.7 Å². The third-order valence-electron chi connectivity index (χ3n) is 3.60. The van der Waals surface area contributed by atoms with Crippen LogP contribution in [0.25, 0.3) is 0 Å². The van der Waals surface area contributed by atoms with E-state index in [-0.39, 0.29) is 5.56 Å². The van der Waals surface area contributed by atoms with E-state index in [0.29, 0.717) is 11.3 Å². The first-order valence-electron chi connectivity index (χ1n) is 6.22. The lowest BCUT2D eigenvalue weighted by atomic mass is 10.1. The fourth-order valence-electron chi connectivity index (χ4n) is 2.32. The van der Waals surface area contributed by atoms with E-state index in [9.17, 15) is 18.4 Å². The van der Waals surface area contributed by atoms with Gasteiger partial charge in [-0.2, -0.15) is 0 Å². The number of carboxylic acids is 1. The smallest absolute Gasteiger partial charge is 0.343 e. The summed E-state index contributed by atoms with van der Waals surface area (Å²) in [6.45, 7) is 3.12. The van der Waals surface area contributed by atoms with E-state index in [0.717, 1.165) is 12.1 Å². The van der Waals surface area contributed by atoms with E-state index in [1.165, 1.54) is 22.4 Å². The fourth-order valence-corrected chi connectivity index (χ4v) is 2.32. The van der Waals surface area contributed by atoms with E-state index >= 15 is 0 Å². The minimum atomic E-state index is -1.32. The molecule has 21 heavy (non-hydrogen) atoms.